The van der Waals surface area contributed by atoms with Crippen LogP contribution in [0.25, 0.3) is 11.6 Å². The predicted molar refractivity (Wildman–Crippen MR) is 99.5 cm³/mol. The number of ether oxygens (including phenoxy) is 1. The van der Waals surface area contributed by atoms with Crippen molar-refractivity contribution in [2.75, 3.05) is 0 Å². The van der Waals surface area contributed by atoms with E-state index < -0.39 is 6.10 Å². The molecule has 0 spiro atoms. The summed E-state index contributed by atoms with van der Waals surface area (Å²) in [5.74, 6) is 0.863. The molecule has 4 N–H and O–H groups in total. The Morgan fingerprint density at radius 3 is 2.52 bits per heavy atom. The van der Waals surface area contributed by atoms with Crippen LogP contribution in [0.15, 0.2) is 72.0 Å². The van der Waals surface area contributed by atoms with Crippen molar-refractivity contribution in [3.63, 3.8) is 0 Å². The summed E-state index contributed by atoms with van der Waals surface area (Å²) in [6.07, 6.45) is 5.89. The standard InChI is InChI=1S/C20H18N2O3/c1-2-22-12-15(11-21)20-18(13-3-6-16(23)7-4-13)9-14-5-8-17(24)10-19(14)25-20/h2-12,20,23-24H,1,21H2/b15-11+,22-12?. The lowest BCUT2D eigenvalue weighted by Gasteiger charge is -2.28. The summed E-state index contributed by atoms with van der Waals surface area (Å²) in [5.41, 5.74) is 9.01. The third-order valence-corrected chi connectivity index (χ3v) is 3.86. The van der Waals surface area contributed by atoms with Gasteiger partial charge in [0.25, 0.3) is 0 Å². The van der Waals surface area contributed by atoms with E-state index in [1.165, 1.54) is 12.4 Å². The highest BCUT2D eigenvalue weighted by atomic mass is 16.5. The van der Waals surface area contributed by atoms with Gasteiger partial charge in [-0.1, -0.05) is 18.7 Å². The zero-order chi connectivity index (χ0) is 17.8. The number of phenolic OH excluding ortho intramolecular Hbond substituents is 2. The van der Waals surface area contributed by atoms with E-state index in [0.717, 1.165) is 16.7 Å². The van der Waals surface area contributed by atoms with Crippen LogP contribution < -0.4 is 10.5 Å². The first-order chi connectivity index (χ1) is 12.1. The van der Waals surface area contributed by atoms with Crippen molar-refractivity contribution in [3.05, 3.63) is 78.1 Å². The summed E-state index contributed by atoms with van der Waals surface area (Å²) in [6, 6.07) is 11.8. The number of benzene rings is 2. The topological polar surface area (TPSA) is 88.1 Å². The summed E-state index contributed by atoms with van der Waals surface area (Å²) < 4.78 is 6.10. The maximum Gasteiger partial charge on any atom is 0.152 e. The van der Waals surface area contributed by atoms with Crippen LogP contribution in [0, 0.1) is 0 Å². The zero-order valence-electron chi connectivity index (χ0n) is 13.5. The molecule has 0 aliphatic carbocycles. The minimum Gasteiger partial charge on any atom is -0.508 e. The Kier molecular flexibility index (Phi) is 4.57. The maximum absolute atomic E-state index is 9.72. The highest BCUT2D eigenvalue weighted by Crippen LogP contribution is 2.38. The number of aromatic hydroxyl groups is 2. The Bertz CT molecular complexity index is 880. The van der Waals surface area contributed by atoms with Gasteiger partial charge in [0.1, 0.15) is 17.2 Å². The van der Waals surface area contributed by atoms with Gasteiger partial charge in [-0.15, -0.1) is 0 Å². The number of phenols is 2. The fourth-order valence-corrected chi connectivity index (χ4v) is 2.65. The molecule has 126 valence electrons. The number of aliphatic imine (C=N–C) groups is 1. The van der Waals surface area contributed by atoms with Gasteiger partial charge in [-0.2, -0.15) is 0 Å². The maximum atomic E-state index is 9.72. The Hall–Kier alpha value is -3.47. The third kappa shape index (κ3) is 3.40. The lowest BCUT2D eigenvalue weighted by atomic mass is 9.91. The van der Waals surface area contributed by atoms with E-state index in [4.69, 9.17) is 10.5 Å². The van der Waals surface area contributed by atoms with Crippen molar-refractivity contribution >= 4 is 17.9 Å². The number of rotatable bonds is 4. The monoisotopic (exact) mass is 334 g/mol. The molecule has 5 heteroatoms. The van der Waals surface area contributed by atoms with Crippen LogP contribution in [0.2, 0.25) is 0 Å². The first-order valence-corrected chi connectivity index (χ1v) is 7.69. The van der Waals surface area contributed by atoms with Crippen LogP contribution in [-0.4, -0.2) is 22.5 Å². The minimum atomic E-state index is -0.507. The Labute approximate surface area is 145 Å². The first kappa shape index (κ1) is 16.4. The van der Waals surface area contributed by atoms with Gasteiger partial charge in [-0.3, -0.25) is 4.99 Å². The van der Waals surface area contributed by atoms with Crippen molar-refractivity contribution in [3.8, 4) is 17.2 Å². The lowest BCUT2D eigenvalue weighted by Crippen LogP contribution is -2.25. The summed E-state index contributed by atoms with van der Waals surface area (Å²) in [6.45, 7) is 3.56. The Balaban J connectivity index is 2.13. The van der Waals surface area contributed by atoms with Gasteiger partial charge in [-0.05, 0) is 35.9 Å². The van der Waals surface area contributed by atoms with Gasteiger partial charge in [0.05, 0.1) is 0 Å². The summed E-state index contributed by atoms with van der Waals surface area (Å²) in [7, 11) is 0. The molecule has 0 saturated carbocycles. The smallest absolute Gasteiger partial charge is 0.152 e. The number of hydrogen-bond donors (Lipinski definition) is 3. The quantitative estimate of drug-likeness (QED) is 0.747. The molecule has 3 rings (SSSR count). The summed E-state index contributed by atoms with van der Waals surface area (Å²) in [5, 5.41) is 19.3. The number of hydrogen-bond acceptors (Lipinski definition) is 5. The molecule has 0 bridgehead atoms. The zero-order valence-corrected chi connectivity index (χ0v) is 13.5. The largest absolute Gasteiger partial charge is 0.508 e. The van der Waals surface area contributed by atoms with Crippen LogP contribution >= 0.6 is 0 Å². The first-order valence-electron chi connectivity index (χ1n) is 7.69. The van der Waals surface area contributed by atoms with Crippen molar-refractivity contribution in [2.45, 2.75) is 6.10 Å². The van der Waals surface area contributed by atoms with E-state index in [9.17, 15) is 10.2 Å². The molecule has 1 unspecified atom stereocenters. The van der Waals surface area contributed by atoms with Gasteiger partial charge in [0, 0.05) is 41.4 Å². The van der Waals surface area contributed by atoms with E-state index in [1.807, 2.05) is 18.2 Å². The molecule has 1 aliphatic heterocycles. The minimum absolute atomic E-state index is 0.122. The molecule has 1 atom stereocenters. The second-order valence-electron chi connectivity index (χ2n) is 5.49. The normalized spacial score (nSPS) is 16.9. The lowest BCUT2D eigenvalue weighted by molar-refractivity contribution is 0.293. The molecule has 0 aromatic heterocycles. The van der Waals surface area contributed by atoms with Gasteiger partial charge in [0.15, 0.2) is 6.10 Å². The SMILES string of the molecule is C=CN=C/C(=C\N)C1Oc2cc(O)ccc2C=C1c1ccc(O)cc1. The number of fused-ring (bicyclic) bond motifs is 1. The molecule has 0 amide bonds. The predicted octanol–water partition coefficient (Wildman–Crippen LogP) is 3.46. The Morgan fingerprint density at radius 2 is 1.84 bits per heavy atom. The molecular formula is C20H18N2O3. The van der Waals surface area contributed by atoms with Gasteiger partial charge >= 0.3 is 0 Å². The van der Waals surface area contributed by atoms with Crippen molar-refractivity contribution in [1.29, 1.82) is 0 Å². The van der Waals surface area contributed by atoms with Crippen LogP contribution in [0.5, 0.6) is 17.2 Å². The molecular weight excluding hydrogens is 316 g/mol. The second kappa shape index (κ2) is 6.97. The van der Waals surface area contributed by atoms with Crippen molar-refractivity contribution in [1.82, 2.24) is 0 Å². The Morgan fingerprint density at radius 1 is 1.12 bits per heavy atom. The van der Waals surface area contributed by atoms with Gasteiger partial charge in [0.2, 0.25) is 0 Å². The molecule has 1 aliphatic rings. The van der Waals surface area contributed by atoms with Gasteiger partial charge < -0.3 is 20.7 Å². The molecule has 0 fully saturated rings. The molecule has 5 nitrogen and oxygen atoms in total. The second-order valence-corrected chi connectivity index (χ2v) is 5.49. The van der Waals surface area contributed by atoms with Crippen LogP contribution in [0.4, 0.5) is 0 Å². The highest BCUT2D eigenvalue weighted by molar-refractivity contribution is 5.94. The average molecular weight is 334 g/mol. The average Bonchev–Trinajstić information content (AvgIpc) is 2.62. The van der Waals surface area contributed by atoms with E-state index in [-0.39, 0.29) is 11.5 Å². The molecule has 1 heterocycles. The molecule has 0 saturated heterocycles. The van der Waals surface area contributed by atoms with E-state index in [0.29, 0.717) is 11.3 Å². The number of nitrogens with zero attached hydrogens (tertiary/aromatic N) is 1. The highest BCUT2D eigenvalue weighted by Gasteiger charge is 2.27. The van der Waals surface area contributed by atoms with E-state index in [2.05, 4.69) is 11.6 Å². The van der Waals surface area contributed by atoms with Crippen LogP contribution in [0.3, 0.4) is 0 Å². The fourth-order valence-electron chi connectivity index (χ4n) is 2.65. The fraction of sp³-hybridized carbons (Fsp3) is 0.0500. The molecule has 2 aromatic rings. The van der Waals surface area contributed by atoms with Crippen molar-refractivity contribution < 1.29 is 14.9 Å². The van der Waals surface area contributed by atoms with Crippen LogP contribution in [-0.2, 0) is 0 Å². The molecule has 2 aromatic carbocycles. The summed E-state index contributed by atoms with van der Waals surface area (Å²) in [4.78, 5) is 4.03. The molecule has 0 radical (unpaired) electrons. The summed E-state index contributed by atoms with van der Waals surface area (Å²) >= 11 is 0. The van der Waals surface area contributed by atoms with Crippen LogP contribution in [0.1, 0.15) is 11.1 Å². The van der Waals surface area contributed by atoms with Crippen molar-refractivity contribution in [2.24, 2.45) is 10.7 Å². The molecule has 25 heavy (non-hydrogen) atoms. The number of nitrogens with two attached hydrogens (primary N) is 1. The van der Waals surface area contributed by atoms with Gasteiger partial charge in [-0.25, -0.2) is 0 Å². The van der Waals surface area contributed by atoms with E-state index in [1.54, 1.807) is 36.5 Å². The third-order valence-electron chi connectivity index (χ3n) is 3.86. The van der Waals surface area contributed by atoms with E-state index >= 15 is 0 Å².